The molecule has 0 radical (unpaired) electrons. The molecule has 0 aliphatic heterocycles. The van der Waals surface area contributed by atoms with Gasteiger partial charge in [0, 0.05) is 7.05 Å². The zero-order valence-electron chi connectivity index (χ0n) is 12.3. The molecular weight excluding hydrogens is 274 g/mol. The van der Waals surface area contributed by atoms with E-state index < -0.39 is 10.5 Å². The smallest absolute Gasteiger partial charge is 0.353 e. The maximum atomic E-state index is 11.3. The number of hydrogen-bond acceptors (Lipinski definition) is 7. The molecule has 2 rings (SSSR count). The highest BCUT2D eigenvalue weighted by Crippen LogP contribution is 2.37. The summed E-state index contributed by atoms with van der Waals surface area (Å²) in [6.45, 7) is 2.10. The van der Waals surface area contributed by atoms with E-state index in [4.69, 9.17) is 0 Å². The van der Waals surface area contributed by atoms with Crippen molar-refractivity contribution < 1.29 is 10.0 Å². The number of nitrogens with zero attached hydrogens (tertiary/aromatic N) is 3. The molecular formula is C13H21N5O3. The number of nitro groups is 1. The van der Waals surface area contributed by atoms with Crippen LogP contribution >= 0.6 is 0 Å². The van der Waals surface area contributed by atoms with Crippen LogP contribution in [0, 0.1) is 16.0 Å². The van der Waals surface area contributed by atoms with E-state index in [1.165, 1.54) is 6.33 Å². The quantitative estimate of drug-likeness (QED) is 0.560. The van der Waals surface area contributed by atoms with E-state index in [0.29, 0.717) is 5.92 Å². The Morgan fingerprint density at radius 2 is 2.05 bits per heavy atom. The molecule has 1 aromatic rings. The fourth-order valence-corrected chi connectivity index (χ4v) is 2.71. The van der Waals surface area contributed by atoms with Gasteiger partial charge in [-0.05, 0) is 31.6 Å². The molecule has 1 heterocycles. The number of hydrogen-bond donors (Lipinski definition) is 3. The lowest BCUT2D eigenvalue weighted by Gasteiger charge is -2.38. The average molecular weight is 295 g/mol. The van der Waals surface area contributed by atoms with Gasteiger partial charge in [0.15, 0.2) is 0 Å². The van der Waals surface area contributed by atoms with E-state index in [-0.39, 0.29) is 23.9 Å². The third-order valence-electron chi connectivity index (χ3n) is 4.16. The normalized spacial score (nSPS) is 25.4. The fourth-order valence-electron chi connectivity index (χ4n) is 2.71. The Morgan fingerprint density at radius 1 is 1.43 bits per heavy atom. The topological polar surface area (TPSA) is 113 Å². The van der Waals surface area contributed by atoms with E-state index in [0.717, 1.165) is 25.7 Å². The summed E-state index contributed by atoms with van der Waals surface area (Å²) in [4.78, 5) is 18.6. The Hall–Kier alpha value is -1.96. The summed E-state index contributed by atoms with van der Waals surface area (Å²) in [6, 6.07) is 0. The standard InChI is InChI=1S/C13H21N5O3/c1-9-3-5-13(7-19,6-4-9)17-12-10(18(20)21)11(14-2)15-8-16-12/h8-9,19H,3-7H2,1-2H3,(H2,14,15,16,17). The minimum atomic E-state index is -0.545. The van der Waals surface area contributed by atoms with Crippen molar-refractivity contribution in [3.05, 3.63) is 16.4 Å². The number of aliphatic hydroxyl groups is 1. The first-order chi connectivity index (χ1) is 10.0. The van der Waals surface area contributed by atoms with Crippen LogP contribution in [0.5, 0.6) is 0 Å². The van der Waals surface area contributed by atoms with Crippen LogP contribution in [0.15, 0.2) is 6.33 Å². The predicted molar refractivity (Wildman–Crippen MR) is 79.3 cm³/mol. The van der Waals surface area contributed by atoms with Crippen LogP contribution in [0.1, 0.15) is 32.6 Å². The highest BCUT2D eigenvalue weighted by Gasteiger charge is 2.36. The molecule has 116 valence electrons. The summed E-state index contributed by atoms with van der Waals surface area (Å²) in [5.74, 6) is 0.928. The summed E-state index contributed by atoms with van der Waals surface area (Å²) in [7, 11) is 1.57. The van der Waals surface area contributed by atoms with Crippen molar-refractivity contribution in [1.82, 2.24) is 9.97 Å². The molecule has 1 aromatic heterocycles. The number of aromatic nitrogens is 2. The number of anilines is 2. The molecule has 1 fully saturated rings. The molecule has 0 amide bonds. The third kappa shape index (κ3) is 3.21. The summed E-state index contributed by atoms with van der Waals surface area (Å²) in [6.07, 6.45) is 4.76. The second-order valence-corrected chi connectivity index (χ2v) is 5.67. The van der Waals surface area contributed by atoms with Gasteiger partial charge in [0.2, 0.25) is 11.6 Å². The lowest BCUT2D eigenvalue weighted by molar-refractivity contribution is -0.383. The summed E-state index contributed by atoms with van der Waals surface area (Å²) in [5, 5.41) is 26.8. The van der Waals surface area contributed by atoms with Crippen molar-refractivity contribution in [2.75, 3.05) is 24.3 Å². The van der Waals surface area contributed by atoms with Gasteiger partial charge in [-0.2, -0.15) is 0 Å². The van der Waals surface area contributed by atoms with Gasteiger partial charge in [-0.25, -0.2) is 9.97 Å². The van der Waals surface area contributed by atoms with Crippen LogP contribution in [0.2, 0.25) is 0 Å². The Labute approximate surface area is 123 Å². The van der Waals surface area contributed by atoms with Gasteiger partial charge >= 0.3 is 5.69 Å². The maximum Gasteiger partial charge on any atom is 0.353 e. The minimum absolute atomic E-state index is 0.0736. The highest BCUT2D eigenvalue weighted by atomic mass is 16.6. The lowest BCUT2D eigenvalue weighted by Crippen LogP contribution is -2.45. The van der Waals surface area contributed by atoms with Crippen molar-refractivity contribution in [3.63, 3.8) is 0 Å². The molecule has 0 unspecified atom stereocenters. The van der Waals surface area contributed by atoms with E-state index in [9.17, 15) is 15.2 Å². The van der Waals surface area contributed by atoms with Gasteiger partial charge in [-0.15, -0.1) is 0 Å². The van der Waals surface area contributed by atoms with E-state index >= 15 is 0 Å². The van der Waals surface area contributed by atoms with Gasteiger partial charge < -0.3 is 15.7 Å². The van der Waals surface area contributed by atoms with Crippen molar-refractivity contribution >= 4 is 17.3 Å². The van der Waals surface area contributed by atoms with E-state index in [2.05, 4.69) is 27.5 Å². The molecule has 1 aliphatic rings. The average Bonchev–Trinajstić information content (AvgIpc) is 2.49. The molecule has 3 N–H and O–H groups in total. The molecule has 0 spiro atoms. The zero-order valence-corrected chi connectivity index (χ0v) is 12.3. The first-order valence-electron chi connectivity index (χ1n) is 7.07. The van der Waals surface area contributed by atoms with E-state index in [1.807, 2.05) is 0 Å². The van der Waals surface area contributed by atoms with Crippen LogP contribution in [0.3, 0.4) is 0 Å². The summed E-state index contributed by atoms with van der Waals surface area (Å²) in [5.41, 5.74) is -0.733. The Balaban J connectivity index is 2.31. The summed E-state index contributed by atoms with van der Waals surface area (Å²) < 4.78 is 0. The number of nitrogens with one attached hydrogen (secondary N) is 2. The fraction of sp³-hybridized carbons (Fsp3) is 0.692. The van der Waals surface area contributed by atoms with Crippen molar-refractivity contribution in [2.24, 2.45) is 5.92 Å². The maximum absolute atomic E-state index is 11.3. The zero-order chi connectivity index (χ0) is 15.5. The molecule has 0 bridgehead atoms. The van der Waals surface area contributed by atoms with Crippen molar-refractivity contribution in [3.8, 4) is 0 Å². The second-order valence-electron chi connectivity index (χ2n) is 5.67. The molecule has 0 aromatic carbocycles. The largest absolute Gasteiger partial charge is 0.394 e. The third-order valence-corrected chi connectivity index (χ3v) is 4.16. The first kappa shape index (κ1) is 15.4. The molecule has 0 saturated heterocycles. The van der Waals surface area contributed by atoms with Gasteiger partial charge in [0.05, 0.1) is 17.1 Å². The van der Waals surface area contributed by atoms with Crippen LogP contribution in [-0.4, -0.2) is 39.2 Å². The number of aliphatic hydroxyl groups excluding tert-OH is 1. The molecule has 8 nitrogen and oxygen atoms in total. The Kier molecular flexibility index (Phi) is 4.56. The molecule has 1 saturated carbocycles. The van der Waals surface area contributed by atoms with Gasteiger partial charge in [0.25, 0.3) is 0 Å². The van der Waals surface area contributed by atoms with Crippen molar-refractivity contribution in [2.45, 2.75) is 38.1 Å². The Bertz CT molecular complexity index is 515. The van der Waals surface area contributed by atoms with Crippen LogP contribution in [-0.2, 0) is 0 Å². The Morgan fingerprint density at radius 3 is 2.57 bits per heavy atom. The van der Waals surface area contributed by atoms with Crippen LogP contribution in [0.25, 0.3) is 0 Å². The van der Waals surface area contributed by atoms with Gasteiger partial charge in [-0.1, -0.05) is 6.92 Å². The van der Waals surface area contributed by atoms with Gasteiger partial charge in [0.1, 0.15) is 6.33 Å². The van der Waals surface area contributed by atoms with Crippen LogP contribution in [0.4, 0.5) is 17.3 Å². The van der Waals surface area contributed by atoms with Gasteiger partial charge in [-0.3, -0.25) is 10.1 Å². The number of rotatable bonds is 5. The molecule has 1 aliphatic carbocycles. The molecule has 8 heteroatoms. The monoisotopic (exact) mass is 295 g/mol. The van der Waals surface area contributed by atoms with E-state index in [1.54, 1.807) is 7.05 Å². The van der Waals surface area contributed by atoms with Crippen LogP contribution < -0.4 is 10.6 Å². The summed E-state index contributed by atoms with van der Waals surface area (Å²) >= 11 is 0. The second kappa shape index (κ2) is 6.21. The van der Waals surface area contributed by atoms with Crippen molar-refractivity contribution in [1.29, 1.82) is 0 Å². The SMILES string of the molecule is CNc1ncnc(NC2(CO)CCC(C)CC2)c1[N+](=O)[O-]. The highest BCUT2D eigenvalue weighted by molar-refractivity contribution is 5.69. The minimum Gasteiger partial charge on any atom is -0.394 e. The first-order valence-corrected chi connectivity index (χ1v) is 7.07. The lowest BCUT2D eigenvalue weighted by atomic mass is 9.77. The predicted octanol–water partition coefficient (Wildman–Crippen LogP) is 1.78. The molecule has 21 heavy (non-hydrogen) atoms. The molecule has 0 atom stereocenters.